The number of aromatic hydroxyl groups is 1. The molecule has 3 heterocycles. The molecule has 3 fully saturated rings. The minimum atomic E-state index is -1.01. The molecule has 0 spiro atoms. The number of nitrogens with zero attached hydrogens (tertiary/aromatic N) is 2. The second-order valence-corrected chi connectivity index (χ2v) is 11.4. The number of aryl methyl sites for hydroxylation is 1. The number of rotatable bonds is 5. The van der Waals surface area contributed by atoms with E-state index in [2.05, 4.69) is 33.7 Å². The van der Waals surface area contributed by atoms with Gasteiger partial charge in [0.05, 0.1) is 30.1 Å². The van der Waals surface area contributed by atoms with Crippen molar-refractivity contribution in [2.45, 2.75) is 94.6 Å². The molecule has 2 aliphatic carbocycles. The third-order valence-electron chi connectivity index (χ3n) is 9.40. The van der Waals surface area contributed by atoms with Gasteiger partial charge in [-0.1, -0.05) is 19.1 Å². The predicted molar refractivity (Wildman–Crippen MR) is 142 cm³/mol. The number of phenols is 1. The number of nitrogens with one attached hydrogen (secondary N) is 3. The van der Waals surface area contributed by atoms with Crippen molar-refractivity contribution in [2.75, 3.05) is 13.1 Å². The molecule has 1 saturated heterocycles. The number of aromatic amines is 1. The largest absolute Gasteiger partial charge is 0.508 e. The summed E-state index contributed by atoms with van der Waals surface area (Å²) in [5.41, 5.74) is 11.1. The first kappa shape index (κ1) is 25.0. The van der Waals surface area contributed by atoms with Gasteiger partial charge in [-0.3, -0.25) is 10.3 Å². The van der Waals surface area contributed by atoms with E-state index < -0.39 is 6.17 Å². The topological polar surface area (TPSA) is 96.4 Å². The molecule has 37 heavy (non-hydrogen) atoms. The van der Waals surface area contributed by atoms with Crippen molar-refractivity contribution in [1.29, 1.82) is 0 Å². The number of benzene rings is 1. The summed E-state index contributed by atoms with van der Waals surface area (Å²) in [5, 5.41) is 19.7. The highest BCUT2D eigenvalue weighted by molar-refractivity contribution is 5.63. The first-order valence-electron chi connectivity index (χ1n) is 14.1. The van der Waals surface area contributed by atoms with Gasteiger partial charge in [-0.2, -0.15) is 0 Å². The highest BCUT2D eigenvalue weighted by atomic mass is 19.1. The van der Waals surface area contributed by atoms with Crippen LogP contribution in [0.15, 0.2) is 30.5 Å². The quantitative estimate of drug-likeness (QED) is 0.416. The summed E-state index contributed by atoms with van der Waals surface area (Å²) in [4.78, 5) is 10.8. The summed E-state index contributed by atoms with van der Waals surface area (Å²) < 4.78 is 15.9. The standard InChI is InChI=1S/C29H40FN5O2/c1-2-17-15-21(37)7-8-22(17)23-9-10-24-27(26(23)30)33-34-28(24)29-31-16-25(32-29)18-11-13-35(14-12-18)19-3-5-20(36)6-4-19/h7-8,11,15-16,19-20,23-24,26-28,33-34,36-37H,2-6,9-10,12-14H2,1H3,(H,31,32). The van der Waals surface area contributed by atoms with Crippen LogP contribution in [0.1, 0.15) is 86.5 Å². The Kier molecular flexibility index (Phi) is 7.09. The van der Waals surface area contributed by atoms with Crippen molar-refractivity contribution in [3.8, 4) is 5.75 Å². The number of aliphatic hydroxyl groups excluding tert-OH is 1. The molecule has 5 N–H and O–H groups in total. The van der Waals surface area contributed by atoms with E-state index >= 15 is 4.39 Å². The average molecular weight is 510 g/mol. The number of imidazole rings is 1. The Labute approximate surface area is 218 Å². The second-order valence-electron chi connectivity index (χ2n) is 11.4. The summed E-state index contributed by atoms with van der Waals surface area (Å²) in [6, 6.07) is 5.63. The van der Waals surface area contributed by atoms with Crippen LogP contribution in [-0.4, -0.2) is 62.5 Å². The van der Waals surface area contributed by atoms with Crippen molar-refractivity contribution in [2.24, 2.45) is 5.92 Å². The van der Waals surface area contributed by atoms with Crippen LogP contribution in [0.3, 0.4) is 0 Å². The average Bonchev–Trinajstić information content (AvgIpc) is 3.58. The minimum absolute atomic E-state index is 0.0437. The van der Waals surface area contributed by atoms with Gasteiger partial charge in [0.2, 0.25) is 0 Å². The summed E-state index contributed by atoms with van der Waals surface area (Å²) in [5.74, 6) is 1.09. The maximum absolute atomic E-state index is 15.9. The molecular formula is C29H40FN5O2. The zero-order chi connectivity index (χ0) is 25.5. The summed E-state index contributed by atoms with van der Waals surface area (Å²) in [6.07, 6.45) is 10.6. The van der Waals surface area contributed by atoms with Gasteiger partial charge >= 0.3 is 0 Å². The highest BCUT2D eigenvalue weighted by Crippen LogP contribution is 2.45. The molecule has 1 aromatic heterocycles. The van der Waals surface area contributed by atoms with Crippen molar-refractivity contribution in [3.05, 3.63) is 53.1 Å². The molecule has 0 bridgehead atoms. The third-order valence-corrected chi connectivity index (χ3v) is 9.40. The maximum Gasteiger partial charge on any atom is 0.125 e. The summed E-state index contributed by atoms with van der Waals surface area (Å²) in [7, 11) is 0. The Morgan fingerprint density at radius 2 is 1.95 bits per heavy atom. The number of fused-ring (bicyclic) bond motifs is 1. The molecule has 7 nitrogen and oxygen atoms in total. The number of phenolic OH excluding ortho intramolecular Hbond substituents is 1. The van der Waals surface area contributed by atoms with Crippen LogP contribution in [0.25, 0.3) is 5.57 Å². The number of hydrazine groups is 1. The molecule has 5 atom stereocenters. The fraction of sp³-hybridized carbons (Fsp3) is 0.621. The maximum atomic E-state index is 15.9. The van der Waals surface area contributed by atoms with Crippen molar-refractivity contribution in [3.63, 3.8) is 0 Å². The van der Waals surface area contributed by atoms with Gasteiger partial charge in [-0.05, 0) is 80.2 Å². The Morgan fingerprint density at radius 3 is 2.70 bits per heavy atom. The van der Waals surface area contributed by atoms with Crippen LogP contribution < -0.4 is 10.9 Å². The van der Waals surface area contributed by atoms with Gasteiger partial charge in [0.25, 0.3) is 0 Å². The lowest BCUT2D eigenvalue weighted by molar-refractivity contribution is 0.0783. The molecular weight excluding hydrogens is 469 g/mol. The van der Waals surface area contributed by atoms with Crippen molar-refractivity contribution >= 4 is 5.57 Å². The van der Waals surface area contributed by atoms with Crippen LogP contribution >= 0.6 is 0 Å². The fourth-order valence-corrected chi connectivity index (χ4v) is 7.25. The number of aromatic nitrogens is 2. The van der Waals surface area contributed by atoms with E-state index in [1.165, 1.54) is 5.57 Å². The van der Waals surface area contributed by atoms with Crippen molar-refractivity contribution < 1.29 is 14.6 Å². The Morgan fingerprint density at radius 1 is 1.11 bits per heavy atom. The molecule has 1 aromatic carbocycles. The molecule has 2 aromatic rings. The number of H-pyrrole nitrogens is 1. The molecule has 0 radical (unpaired) electrons. The molecule has 0 amide bonds. The Balaban J connectivity index is 1.11. The fourth-order valence-electron chi connectivity index (χ4n) is 7.25. The zero-order valence-electron chi connectivity index (χ0n) is 21.7. The second kappa shape index (κ2) is 10.5. The normalized spacial score (nSPS) is 34.8. The van der Waals surface area contributed by atoms with Crippen LogP contribution in [-0.2, 0) is 6.42 Å². The zero-order valence-corrected chi connectivity index (χ0v) is 21.7. The number of hydrogen-bond donors (Lipinski definition) is 5. The van der Waals surface area contributed by atoms with E-state index in [9.17, 15) is 10.2 Å². The van der Waals surface area contributed by atoms with Crippen LogP contribution in [0.5, 0.6) is 5.75 Å². The number of alkyl halides is 1. The molecule has 4 aliphatic rings. The monoisotopic (exact) mass is 509 g/mol. The Bertz CT molecular complexity index is 1130. The third kappa shape index (κ3) is 4.85. The van der Waals surface area contributed by atoms with E-state index in [-0.39, 0.29) is 35.8 Å². The van der Waals surface area contributed by atoms with E-state index in [1.807, 2.05) is 12.3 Å². The van der Waals surface area contributed by atoms with Gasteiger partial charge in [0.1, 0.15) is 17.7 Å². The Hall–Kier alpha value is -2.26. The molecule has 2 aliphatic heterocycles. The SMILES string of the molecule is CCc1cc(O)ccc1C1CCC2C(c3ncc(C4=CCN(C5CCC(O)CC5)CC4)[nH]3)NNC2C1F. The lowest BCUT2D eigenvalue weighted by atomic mass is 9.71. The smallest absolute Gasteiger partial charge is 0.125 e. The molecule has 8 heteroatoms. The van der Waals surface area contributed by atoms with Gasteiger partial charge in [0.15, 0.2) is 0 Å². The van der Waals surface area contributed by atoms with Gasteiger partial charge < -0.3 is 15.2 Å². The number of halogens is 1. The van der Waals surface area contributed by atoms with E-state index in [0.29, 0.717) is 6.04 Å². The van der Waals surface area contributed by atoms with E-state index in [0.717, 1.165) is 87.1 Å². The summed E-state index contributed by atoms with van der Waals surface area (Å²) in [6.45, 7) is 4.04. The molecule has 200 valence electrons. The molecule has 6 rings (SSSR count). The molecule has 2 saturated carbocycles. The van der Waals surface area contributed by atoms with Gasteiger partial charge in [-0.25, -0.2) is 14.8 Å². The lowest BCUT2D eigenvalue weighted by Crippen LogP contribution is -2.45. The first-order chi connectivity index (χ1) is 18.0. The first-order valence-corrected chi connectivity index (χ1v) is 14.1. The number of hydrogen-bond acceptors (Lipinski definition) is 6. The van der Waals surface area contributed by atoms with E-state index in [4.69, 9.17) is 4.98 Å². The minimum Gasteiger partial charge on any atom is -0.508 e. The van der Waals surface area contributed by atoms with E-state index in [1.54, 1.807) is 12.1 Å². The predicted octanol–water partition coefficient (Wildman–Crippen LogP) is 4.12. The highest BCUT2D eigenvalue weighted by Gasteiger charge is 2.48. The van der Waals surface area contributed by atoms with Gasteiger partial charge in [0, 0.05) is 31.0 Å². The van der Waals surface area contributed by atoms with Crippen LogP contribution in [0.4, 0.5) is 4.39 Å². The lowest BCUT2D eigenvalue weighted by Gasteiger charge is -2.37. The van der Waals surface area contributed by atoms with Gasteiger partial charge in [-0.15, -0.1) is 0 Å². The number of aliphatic hydroxyl groups is 1. The van der Waals surface area contributed by atoms with Crippen molar-refractivity contribution in [1.82, 2.24) is 25.7 Å². The molecule has 5 unspecified atom stereocenters. The van der Waals surface area contributed by atoms with Crippen LogP contribution in [0.2, 0.25) is 0 Å². The summed E-state index contributed by atoms with van der Waals surface area (Å²) >= 11 is 0. The van der Waals surface area contributed by atoms with Crippen LogP contribution in [0, 0.1) is 5.92 Å².